The minimum atomic E-state index is 1.02. The van der Waals surface area contributed by atoms with Gasteiger partial charge in [0.25, 0.3) is 0 Å². The van der Waals surface area contributed by atoms with Gasteiger partial charge in [0, 0.05) is 32.0 Å². The van der Waals surface area contributed by atoms with Gasteiger partial charge in [0.1, 0.15) is 0 Å². The predicted octanol–water partition coefficient (Wildman–Crippen LogP) is 3.72. The Hall–Kier alpha value is -1.96. The molecule has 0 aliphatic heterocycles. The quantitative estimate of drug-likeness (QED) is 0.875. The number of benzene rings is 2. The van der Waals surface area contributed by atoms with Crippen LogP contribution in [0.1, 0.15) is 11.1 Å². The van der Waals surface area contributed by atoms with Crippen molar-refractivity contribution in [3.05, 3.63) is 59.7 Å². The van der Waals surface area contributed by atoms with E-state index in [0.717, 1.165) is 18.7 Å². The lowest BCUT2D eigenvalue weighted by molar-refractivity contribution is 0.876. The molecule has 1 N–H and O–H groups in total. The Morgan fingerprint density at radius 3 is 2.47 bits per heavy atom. The number of nitrogens with one attached hydrogen (secondary N) is 1. The zero-order valence-corrected chi connectivity index (χ0v) is 12.0. The lowest BCUT2D eigenvalue weighted by Crippen LogP contribution is -2.20. The van der Waals surface area contributed by atoms with E-state index in [9.17, 15) is 0 Å². The van der Waals surface area contributed by atoms with Gasteiger partial charge in [-0.25, -0.2) is 0 Å². The van der Waals surface area contributed by atoms with Crippen LogP contribution < -0.4 is 10.2 Å². The summed E-state index contributed by atoms with van der Waals surface area (Å²) in [6, 6.07) is 17.3. The zero-order chi connectivity index (χ0) is 13.7. The highest BCUT2D eigenvalue weighted by molar-refractivity contribution is 5.57. The molecule has 0 unspecified atom stereocenters. The molecular formula is C17H22N2. The summed E-state index contributed by atoms with van der Waals surface area (Å²) in [6.07, 6.45) is 1.07. The summed E-state index contributed by atoms with van der Waals surface area (Å²) in [5.41, 5.74) is 5.11. The third-order valence-corrected chi connectivity index (χ3v) is 3.43. The molecule has 0 bridgehead atoms. The largest absolute Gasteiger partial charge is 0.388 e. The number of nitrogens with zero attached hydrogens (tertiary/aromatic N) is 1. The van der Waals surface area contributed by atoms with Crippen molar-refractivity contribution in [1.82, 2.24) is 0 Å². The van der Waals surface area contributed by atoms with E-state index in [-0.39, 0.29) is 0 Å². The third kappa shape index (κ3) is 3.75. The van der Waals surface area contributed by atoms with Crippen LogP contribution in [0.2, 0.25) is 0 Å². The topological polar surface area (TPSA) is 15.3 Å². The van der Waals surface area contributed by atoms with Gasteiger partial charge in [-0.05, 0) is 37.1 Å². The molecule has 2 aromatic carbocycles. The van der Waals surface area contributed by atoms with Crippen molar-refractivity contribution in [2.45, 2.75) is 13.3 Å². The molecule has 100 valence electrons. The SMILES string of the molecule is CNc1cccc(N(C)CCc2ccc(C)cc2)c1. The maximum absolute atomic E-state index is 3.18. The van der Waals surface area contributed by atoms with Gasteiger partial charge in [-0.2, -0.15) is 0 Å². The van der Waals surface area contributed by atoms with E-state index in [2.05, 4.69) is 72.7 Å². The van der Waals surface area contributed by atoms with Gasteiger partial charge < -0.3 is 10.2 Å². The Morgan fingerprint density at radius 2 is 1.79 bits per heavy atom. The number of aryl methyl sites for hydroxylation is 1. The van der Waals surface area contributed by atoms with E-state index in [1.165, 1.54) is 16.8 Å². The molecular weight excluding hydrogens is 232 g/mol. The second-order valence-corrected chi connectivity index (χ2v) is 4.96. The first kappa shape index (κ1) is 13.5. The van der Waals surface area contributed by atoms with Gasteiger partial charge >= 0.3 is 0 Å². The van der Waals surface area contributed by atoms with Crippen molar-refractivity contribution in [3.63, 3.8) is 0 Å². The first-order valence-electron chi connectivity index (χ1n) is 6.73. The van der Waals surface area contributed by atoms with Crippen molar-refractivity contribution in [2.24, 2.45) is 0 Å². The lowest BCUT2D eigenvalue weighted by Gasteiger charge is -2.20. The molecule has 2 heteroatoms. The molecule has 0 aliphatic carbocycles. The molecule has 19 heavy (non-hydrogen) atoms. The van der Waals surface area contributed by atoms with Crippen LogP contribution in [0.4, 0.5) is 11.4 Å². The Balaban J connectivity index is 1.96. The third-order valence-electron chi connectivity index (χ3n) is 3.43. The van der Waals surface area contributed by atoms with Gasteiger partial charge in [0.15, 0.2) is 0 Å². The molecule has 2 rings (SSSR count). The number of anilines is 2. The molecule has 0 fully saturated rings. The van der Waals surface area contributed by atoms with E-state index in [1.54, 1.807) is 0 Å². The van der Waals surface area contributed by atoms with Crippen LogP contribution in [0.5, 0.6) is 0 Å². The van der Waals surface area contributed by atoms with E-state index in [0.29, 0.717) is 0 Å². The van der Waals surface area contributed by atoms with Crippen LogP contribution in [-0.4, -0.2) is 20.6 Å². The molecule has 0 spiro atoms. The van der Waals surface area contributed by atoms with Crippen LogP contribution in [0, 0.1) is 6.92 Å². The monoisotopic (exact) mass is 254 g/mol. The highest BCUT2D eigenvalue weighted by Crippen LogP contribution is 2.18. The molecule has 0 aliphatic rings. The van der Waals surface area contributed by atoms with Crippen LogP contribution in [0.15, 0.2) is 48.5 Å². The molecule has 0 aromatic heterocycles. The summed E-state index contributed by atoms with van der Waals surface area (Å²) < 4.78 is 0. The molecule has 0 heterocycles. The molecule has 0 atom stereocenters. The van der Waals surface area contributed by atoms with E-state index < -0.39 is 0 Å². The number of hydrogen-bond acceptors (Lipinski definition) is 2. The van der Waals surface area contributed by atoms with Crippen LogP contribution in [0.25, 0.3) is 0 Å². The van der Waals surface area contributed by atoms with Crippen molar-refractivity contribution in [1.29, 1.82) is 0 Å². The summed E-state index contributed by atoms with van der Waals surface area (Å²) in [5, 5.41) is 3.18. The first-order valence-corrected chi connectivity index (χ1v) is 6.73. The standard InChI is InChI=1S/C17H22N2/c1-14-7-9-15(10-8-14)11-12-19(3)17-6-4-5-16(13-17)18-2/h4-10,13,18H,11-12H2,1-3H3. The maximum atomic E-state index is 3.18. The molecule has 0 amide bonds. The fourth-order valence-electron chi connectivity index (χ4n) is 2.08. The summed E-state index contributed by atoms with van der Waals surface area (Å²) in [7, 11) is 4.09. The van der Waals surface area contributed by atoms with Crippen molar-refractivity contribution >= 4 is 11.4 Å². The van der Waals surface area contributed by atoms with E-state index in [1.807, 2.05) is 7.05 Å². The Kier molecular flexibility index (Phi) is 4.45. The highest BCUT2D eigenvalue weighted by atomic mass is 15.1. The molecule has 2 aromatic rings. The van der Waals surface area contributed by atoms with Crippen LogP contribution in [0.3, 0.4) is 0 Å². The fraction of sp³-hybridized carbons (Fsp3) is 0.294. The molecule has 2 nitrogen and oxygen atoms in total. The number of rotatable bonds is 5. The van der Waals surface area contributed by atoms with Crippen molar-refractivity contribution in [2.75, 3.05) is 30.9 Å². The molecule has 0 saturated heterocycles. The summed E-state index contributed by atoms with van der Waals surface area (Å²) in [6.45, 7) is 3.15. The number of likely N-dealkylation sites (N-methyl/N-ethyl adjacent to an activating group) is 1. The minimum absolute atomic E-state index is 1.02. The Morgan fingerprint density at radius 1 is 1.05 bits per heavy atom. The average molecular weight is 254 g/mol. The first-order chi connectivity index (χ1) is 9.19. The normalized spacial score (nSPS) is 10.3. The fourth-order valence-corrected chi connectivity index (χ4v) is 2.08. The van der Waals surface area contributed by atoms with Gasteiger partial charge in [-0.1, -0.05) is 35.9 Å². The summed E-state index contributed by atoms with van der Waals surface area (Å²) in [5.74, 6) is 0. The van der Waals surface area contributed by atoms with Gasteiger partial charge in [-0.3, -0.25) is 0 Å². The van der Waals surface area contributed by atoms with E-state index in [4.69, 9.17) is 0 Å². The highest BCUT2D eigenvalue weighted by Gasteiger charge is 2.02. The average Bonchev–Trinajstić information content (AvgIpc) is 2.46. The van der Waals surface area contributed by atoms with Crippen molar-refractivity contribution < 1.29 is 0 Å². The number of hydrogen-bond donors (Lipinski definition) is 1. The van der Waals surface area contributed by atoms with Gasteiger partial charge in [0.2, 0.25) is 0 Å². The Labute approximate surface area is 116 Å². The second-order valence-electron chi connectivity index (χ2n) is 4.96. The second kappa shape index (κ2) is 6.28. The molecule has 0 saturated carbocycles. The van der Waals surface area contributed by atoms with Crippen LogP contribution >= 0.6 is 0 Å². The molecule has 0 radical (unpaired) electrons. The lowest BCUT2D eigenvalue weighted by atomic mass is 10.1. The Bertz CT molecular complexity index is 517. The zero-order valence-electron chi connectivity index (χ0n) is 12.0. The summed E-state index contributed by atoms with van der Waals surface area (Å²) >= 11 is 0. The predicted molar refractivity (Wildman–Crippen MR) is 84.1 cm³/mol. The van der Waals surface area contributed by atoms with Gasteiger partial charge in [-0.15, -0.1) is 0 Å². The maximum Gasteiger partial charge on any atom is 0.0384 e. The van der Waals surface area contributed by atoms with Crippen molar-refractivity contribution in [3.8, 4) is 0 Å². The van der Waals surface area contributed by atoms with Crippen LogP contribution in [-0.2, 0) is 6.42 Å². The minimum Gasteiger partial charge on any atom is -0.388 e. The smallest absolute Gasteiger partial charge is 0.0384 e. The summed E-state index contributed by atoms with van der Waals surface area (Å²) in [4.78, 5) is 2.29. The van der Waals surface area contributed by atoms with Gasteiger partial charge in [0.05, 0.1) is 0 Å². The van der Waals surface area contributed by atoms with E-state index >= 15 is 0 Å².